The van der Waals surface area contributed by atoms with Crippen molar-refractivity contribution in [2.24, 2.45) is 0 Å². The summed E-state index contributed by atoms with van der Waals surface area (Å²) in [5.74, 6) is -1.43. The van der Waals surface area contributed by atoms with Gasteiger partial charge in [-0.3, -0.25) is 14.2 Å². The number of esters is 1. The van der Waals surface area contributed by atoms with Crippen molar-refractivity contribution in [3.63, 3.8) is 0 Å². The van der Waals surface area contributed by atoms with Crippen molar-refractivity contribution in [1.29, 1.82) is 0 Å². The third kappa shape index (κ3) is 5.61. The van der Waals surface area contributed by atoms with E-state index in [1.807, 2.05) is 0 Å². The second kappa shape index (κ2) is 8.75. The maximum absolute atomic E-state index is 13.0. The molecule has 1 amide bonds. The highest BCUT2D eigenvalue weighted by molar-refractivity contribution is 7.99. The Balaban J connectivity index is 2.09. The molecule has 0 aliphatic heterocycles. The Labute approximate surface area is 156 Å². The number of nitrogens with zero attached hydrogens (tertiary/aromatic N) is 3. The summed E-state index contributed by atoms with van der Waals surface area (Å²) in [6.07, 6.45) is -4.61. The number of carbonyl (C=O) groups excluding carboxylic acids is 2. The molecule has 0 fully saturated rings. The van der Waals surface area contributed by atoms with Crippen molar-refractivity contribution in [2.45, 2.75) is 24.8 Å². The number of nitrogens with one attached hydrogen (secondary N) is 1. The largest absolute Gasteiger partial charge is 0.465 e. The van der Waals surface area contributed by atoms with Gasteiger partial charge in [-0.2, -0.15) is 13.2 Å². The van der Waals surface area contributed by atoms with Gasteiger partial charge in [-0.15, -0.1) is 10.2 Å². The molecule has 2 aromatic rings. The first-order valence-corrected chi connectivity index (χ1v) is 8.64. The minimum absolute atomic E-state index is 0.0789. The SMILES string of the molecule is CCOC(=O)CSc1nnc(N)n1CC(=O)Nc1ccccc1C(F)(F)F. The summed E-state index contributed by atoms with van der Waals surface area (Å²) in [5, 5.41) is 9.73. The molecule has 0 saturated heterocycles. The van der Waals surface area contributed by atoms with Crippen molar-refractivity contribution in [3.05, 3.63) is 29.8 Å². The van der Waals surface area contributed by atoms with Crippen LogP contribution in [0.15, 0.2) is 29.4 Å². The smallest absolute Gasteiger partial charge is 0.418 e. The fourth-order valence-electron chi connectivity index (χ4n) is 2.05. The number of nitrogen functional groups attached to an aromatic ring is 1. The average Bonchev–Trinajstić information content (AvgIpc) is 2.93. The van der Waals surface area contributed by atoms with Crippen LogP contribution in [-0.2, 0) is 27.0 Å². The Morgan fingerprint density at radius 2 is 2.00 bits per heavy atom. The van der Waals surface area contributed by atoms with E-state index in [0.717, 1.165) is 23.9 Å². The van der Waals surface area contributed by atoms with Gasteiger partial charge in [0.15, 0.2) is 5.16 Å². The normalized spacial score (nSPS) is 11.3. The predicted molar refractivity (Wildman–Crippen MR) is 91.9 cm³/mol. The van der Waals surface area contributed by atoms with Crippen LogP contribution in [0.5, 0.6) is 0 Å². The molecule has 0 unspecified atom stereocenters. The second-order valence-electron chi connectivity index (χ2n) is 5.11. The van der Waals surface area contributed by atoms with Gasteiger partial charge in [0.25, 0.3) is 0 Å². The molecule has 0 aliphatic rings. The number of anilines is 2. The number of hydrogen-bond donors (Lipinski definition) is 2. The second-order valence-corrected chi connectivity index (χ2v) is 6.05. The maximum atomic E-state index is 13.0. The van der Waals surface area contributed by atoms with Crippen LogP contribution in [0.2, 0.25) is 0 Å². The van der Waals surface area contributed by atoms with Crippen molar-refractivity contribution < 1.29 is 27.5 Å². The molecular weight excluding hydrogens is 387 g/mol. The van der Waals surface area contributed by atoms with Crippen LogP contribution in [0.1, 0.15) is 12.5 Å². The molecule has 12 heteroatoms. The molecule has 1 aromatic carbocycles. The molecule has 0 spiro atoms. The van der Waals surface area contributed by atoms with Gasteiger partial charge in [-0.25, -0.2) is 0 Å². The van der Waals surface area contributed by atoms with Crippen LogP contribution in [-0.4, -0.2) is 39.0 Å². The number of para-hydroxylation sites is 1. The lowest BCUT2D eigenvalue weighted by Crippen LogP contribution is -2.22. The highest BCUT2D eigenvalue weighted by Crippen LogP contribution is 2.34. The van der Waals surface area contributed by atoms with Crippen molar-refractivity contribution in [1.82, 2.24) is 14.8 Å². The topological polar surface area (TPSA) is 112 Å². The van der Waals surface area contributed by atoms with E-state index in [1.54, 1.807) is 6.92 Å². The van der Waals surface area contributed by atoms with Gasteiger partial charge in [0.2, 0.25) is 11.9 Å². The number of amides is 1. The van der Waals surface area contributed by atoms with E-state index in [0.29, 0.717) is 0 Å². The Morgan fingerprint density at radius 1 is 1.30 bits per heavy atom. The number of aromatic nitrogens is 3. The zero-order chi connectivity index (χ0) is 20.0. The number of benzene rings is 1. The Morgan fingerprint density at radius 3 is 2.67 bits per heavy atom. The van der Waals surface area contributed by atoms with Crippen LogP contribution >= 0.6 is 11.8 Å². The molecule has 8 nitrogen and oxygen atoms in total. The minimum Gasteiger partial charge on any atom is -0.465 e. The Hall–Kier alpha value is -2.76. The van der Waals surface area contributed by atoms with Gasteiger partial charge in [0, 0.05) is 0 Å². The van der Waals surface area contributed by atoms with Crippen molar-refractivity contribution in [3.8, 4) is 0 Å². The van der Waals surface area contributed by atoms with Crippen LogP contribution in [0, 0.1) is 0 Å². The molecule has 0 saturated carbocycles. The summed E-state index contributed by atoms with van der Waals surface area (Å²) in [7, 11) is 0. The minimum atomic E-state index is -4.61. The highest BCUT2D eigenvalue weighted by atomic mass is 32.2. The third-order valence-corrected chi connectivity index (χ3v) is 4.12. The first-order valence-electron chi connectivity index (χ1n) is 7.65. The number of thioether (sulfide) groups is 1. The first-order chi connectivity index (χ1) is 12.7. The lowest BCUT2D eigenvalue weighted by molar-refractivity contribution is -0.140. The summed E-state index contributed by atoms with van der Waals surface area (Å²) in [6, 6.07) is 4.61. The van der Waals surface area contributed by atoms with Crippen LogP contribution in [0.3, 0.4) is 0 Å². The van der Waals surface area contributed by atoms with Gasteiger partial charge in [0.1, 0.15) is 6.54 Å². The fourth-order valence-corrected chi connectivity index (χ4v) is 2.80. The molecule has 146 valence electrons. The average molecular weight is 403 g/mol. The van der Waals surface area contributed by atoms with E-state index in [2.05, 4.69) is 15.5 Å². The predicted octanol–water partition coefficient (Wildman–Crippen LogP) is 2.17. The number of ether oxygens (including phenoxy) is 1. The van der Waals surface area contributed by atoms with E-state index in [-0.39, 0.29) is 29.2 Å². The number of nitrogens with two attached hydrogens (primary N) is 1. The molecule has 3 N–H and O–H groups in total. The molecule has 0 atom stereocenters. The number of carbonyl (C=O) groups is 2. The number of alkyl halides is 3. The van der Waals surface area contributed by atoms with E-state index < -0.39 is 30.2 Å². The number of hydrogen-bond acceptors (Lipinski definition) is 7. The lowest BCUT2D eigenvalue weighted by atomic mass is 10.1. The van der Waals surface area contributed by atoms with E-state index in [9.17, 15) is 22.8 Å². The molecule has 0 aliphatic carbocycles. The molecule has 0 bridgehead atoms. The van der Waals surface area contributed by atoms with Gasteiger partial charge in [0.05, 0.1) is 23.6 Å². The van der Waals surface area contributed by atoms with Crippen molar-refractivity contribution in [2.75, 3.05) is 23.4 Å². The number of rotatable bonds is 7. The van der Waals surface area contributed by atoms with E-state index >= 15 is 0 Å². The summed E-state index contributed by atoms with van der Waals surface area (Å²) < 4.78 is 45.0. The molecule has 1 aromatic heterocycles. The molecular formula is C15H16F3N5O3S. The van der Waals surface area contributed by atoms with Crippen LogP contribution in [0.4, 0.5) is 24.8 Å². The van der Waals surface area contributed by atoms with E-state index in [1.165, 1.54) is 16.7 Å². The zero-order valence-electron chi connectivity index (χ0n) is 14.1. The van der Waals surface area contributed by atoms with E-state index in [4.69, 9.17) is 10.5 Å². The van der Waals surface area contributed by atoms with Gasteiger partial charge < -0.3 is 15.8 Å². The maximum Gasteiger partial charge on any atom is 0.418 e. The van der Waals surface area contributed by atoms with Crippen LogP contribution in [0.25, 0.3) is 0 Å². The van der Waals surface area contributed by atoms with Gasteiger partial charge in [-0.1, -0.05) is 23.9 Å². The summed E-state index contributed by atoms with van der Waals surface area (Å²) in [5.41, 5.74) is 4.31. The van der Waals surface area contributed by atoms with Gasteiger partial charge >= 0.3 is 12.1 Å². The fraction of sp³-hybridized carbons (Fsp3) is 0.333. The molecule has 0 radical (unpaired) electrons. The first kappa shape index (κ1) is 20.6. The summed E-state index contributed by atoms with van der Waals surface area (Å²) in [6.45, 7) is 1.46. The van der Waals surface area contributed by atoms with Crippen molar-refractivity contribution >= 4 is 35.3 Å². The Kier molecular flexibility index (Phi) is 6.66. The highest BCUT2D eigenvalue weighted by Gasteiger charge is 2.33. The molecule has 27 heavy (non-hydrogen) atoms. The third-order valence-electron chi connectivity index (χ3n) is 3.18. The van der Waals surface area contributed by atoms with Crippen LogP contribution < -0.4 is 11.1 Å². The monoisotopic (exact) mass is 403 g/mol. The molecule has 2 rings (SSSR count). The lowest BCUT2D eigenvalue weighted by Gasteiger charge is -2.14. The summed E-state index contributed by atoms with van der Waals surface area (Å²) >= 11 is 0.946. The summed E-state index contributed by atoms with van der Waals surface area (Å²) in [4.78, 5) is 23.6. The van der Waals surface area contributed by atoms with Gasteiger partial charge in [-0.05, 0) is 19.1 Å². The zero-order valence-corrected chi connectivity index (χ0v) is 14.9. The Bertz CT molecular complexity index is 825. The number of halogens is 3. The standard InChI is InChI=1S/C15H16F3N5O3S/c1-2-26-12(25)8-27-14-22-21-13(19)23(14)7-11(24)20-10-6-4-3-5-9(10)15(16,17)18/h3-6H,2,7-8H2,1H3,(H2,19,21)(H,20,24). The molecule has 1 heterocycles. The quantitative estimate of drug-likeness (QED) is 0.538.